The average Bonchev–Trinajstić information content (AvgIpc) is 2.90. The molecule has 5 rings (SSSR count). The van der Waals surface area contributed by atoms with Crippen LogP contribution < -0.4 is 4.74 Å². The van der Waals surface area contributed by atoms with Gasteiger partial charge in [-0.3, -0.25) is 14.4 Å². The van der Waals surface area contributed by atoms with Crippen molar-refractivity contribution in [3.8, 4) is 17.2 Å². The van der Waals surface area contributed by atoms with E-state index in [1.807, 2.05) is 0 Å². The van der Waals surface area contributed by atoms with E-state index in [4.69, 9.17) is 14.2 Å². The molecule has 11 heteroatoms. The van der Waals surface area contributed by atoms with E-state index in [1.54, 1.807) is 6.92 Å². The second kappa shape index (κ2) is 9.44. The molecule has 0 saturated carbocycles. The monoisotopic (exact) mass is 528 g/mol. The number of hydrogen-bond acceptors (Lipinski definition) is 11. The summed E-state index contributed by atoms with van der Waals surface area (Å²) in [5.41, 5.74) is -3.43. The summed E-state index contributed by atoms with van der Waals surface area (Å²) in [5.74, 6) is -3.64. The average molecular weight is 529 g/mol. The minimum atomic E-state index is -2.20. The zero-order valence-electron chi connectivity index (χ0n) is 20.8. The van der Waals surface area contributed by atoms with Gasteiger partial charge >= 0.3 is 0 Å². The van der Waals surface area contributed by atoms with Gasteiger partial charge in [-0.15, -0.1) is 0 Å². The largest absolute Gasteiger partial charge is 0.507 e. The van der Waals surface area contributed by atoms with E-state index >= 15 is 0 Å². The van der Waals surface area contributed by atoms with Crippen molar-refractivity contribution in [3.05, 3.63) is 51.6 Å². The summed E-state index contributed by atoms with van der Waals surface area (Å²) in [5, 5.41) is 53.5. The molecule has 1 saturated heterocycles. The van der Waals surface area contributed by atoms with Crippen molar-refractivity contribution in [1.29, 1.82) is 0 Å². The maximum atomic E-state index is 13.6. The summed E-state index contributed by atoms with van der Waals surface area (Å²) < 4.78 is 17.0. The van der Waals surface area contributed by atoms with Gasteiger partial charge in [0.05, 0.1) is 42.1 Å². The van der Waals surface area contributed by atoms with Gasteiger partial charge in [-0.25, -0.2) is 0 Å². The third kappa shape index (κ3) is 3.89. The number of aliphatic hydroxyl groups excluding tert-OH is 2. The number of fused-ring (bicyclic) bond motifs is 3. The molecule has 1 heterocycles. The number of carbonyl (C=O) groups is 3. The molecule has 0 spiro atoms. The lowest BCUT2D eigenvalue weighted by Gasteiger charge is -2.41. The van der Waals surface area contributed by atoms with E-state index in [0.29, 0.717) is 6.42 Å². The molecular formula is C27H28O11. The molecule has 5 atom stereocenters. The number of phenols is 2. The van der Waals surface area contributed by atoms with Crippen molar-refractivity contribution in [3.63, 3.8) is 0 Å². The van der Waals surface area contributed by atoms with Crippen molar-refractivity contribution < 1.29 is 54.1 Å². The first-order valence-corrected chi connectivity index (χ1v) is 12.2. The van der Waals surface area contributed by atoms with E-state index in [1.165, 1.54) is 25.3 Å². The predicted molar refractivity (Wildman–Crippen MR) is 128 cm³/mol. The van der Waals surface area contributed by atoms with Crippen LogP contribution in [-0.2, 0) is 20.7 Å². The molecule has 0 amide bonds. The SMILES string of the molecule is COc1cccc2c1C(=O)c1c(O)c3c(c(O)c1C2=O)CC(O)(C(=O)CO)C[C@@H]3O[C@H]1CC[C@H](O)[C@H](C)O1. The molecule has 0 aromatic heterocycles. The topological polar surface area (TPSA) is 180 Å². The Kier molecular flexibility index (Phi) is 6.52. The van der Waals surface area contributed by atoms with Crippen LogP contribution in [0.3, 0.4) is 0 Å². The summed E-state index contributed by atoms with van der Waals surface area (Å²) in [6.45, 7) is 0.652. The van der Waals surface area contributed by atoms with Crippen LogP contribution in [0, 0.1) is 0 Å². The zero-order valence-corrected chi connectivity index (χ0v) is 20.8. The van der Waals surface area contributed by atoms with Crippen molar-refractivity contribution in [2.75, 3.05) is 13.7 Å². The first kappa shape index (κ1) is 26.3. The fourth-order valence-electron chi connectivity index (χ4n) is 5.62. The number of hydrogen-bond donors (Lipinski definition) is 5. The number of benzene rings is 2. The number of ether oxygens (including phenoxy) is 3. The number of carbonyl (C=O) groups excluding carboxylic acids is 3. The van der Waals surface area contributed by atoms with E-state index in [2.05, 4.69) is 0 Å². The second-order valence-corrected chi connectivity index (χ2v) is 9.91. The zero-order chi connectivity index (χ0) is 27.5. The molecule has 38 heavy (non-hydrogen) atoms. The van der Waals surface area contributed by atoms with Crippen LogP contribution in [0.25, 0.3) is 0 Å². The fourth-order valence-corrected chi connectivity index (χ4v) is 5.62. The third-order valence-corrected chi connectivity index (χ3v) is 7.66. The van der Waals surface area contributed by atoms with Crippen LogP contribution in [0.4, 0.5) is 0 Å². The molecule has 2 aromatic carbocycles. The normalized spacial score (nSPS) is 28.3. The molecule has 3 aliphatic rings. The molecule has 2 aliphatic carbocycles. The van der Waals surface area contributed by atoms with Gasteiger partial charge in [-0.2, -0.15) is 0 Å². The number of aliphatic hydroxyl groups is 3. The minimum Gasteiger partial charge on any atom is -0.507 e. The standard InChI is InChI=1S/C27H28O11/c1-11-14(29)6-7-18(37-11)38-16-9-27(35,17(30)10-28)8-13-20(16)26(34)22-21(24(13)32)23(31)12-4-3-5-15(36-2)19(12)25(22)33/h3-5,11,14,16,18,28-29,32,34-35H,6-10H2,1-2H3/t11-,14-,16-,18-,27?/m0/s1. The first-order chi connectivity index (χ1) is 18.0. The van der Waals surface area contributed by atoms with Crippen LogP contribution in [0.5, 0.6) is 17.2 Å². The highest BCUT2D eigenvalue weighted by Gasteiger charge is 2.49. The van der Waals surface area contributed by atoms with Gasteiger partial charge < -0.3 is 39.7 Å². The van der Waals surface area contributed by atoms with Gasteiger partial charge in [0.2, 0.25) is 5.78 Å². The molecule has 0 radical (unpaired) electrons. The number of ketones is 3. The molecule has 0 bridgehead atoms. The van der Waals surface area contributed by atoms with Gasteiger partial charge in [0.25, 0.3) is 0 Å². The molecule has 1 fully saturated rings. The molecule has 202 valence electrons. The quantitative estimate of drug-likeness (QED) is 0.299. The number of phenolic OH excluding ortho intramolecular Hbond substituents is 2. The van der Waals surface area contributed by atoms with Gasteiger partial charge in [0.1, 0.15) is 29.5 Å². The minimum absolute atomic E-state index is 0.0371. The van der Waals surface area contributed by atoms with Gasteiger partial charge in [-0.05, 0) is 19.4 Å². The fraction of sp³-hybridized carbons (Fsp3) is 0.444. The number of Topliss-reactive ketones (excluding diaryl/α,β-unsaturated/α-hetero) is 1. The Morgan fingerprint density at radius 1 is 1.11 bits per heavy atom. The Labute approximate surface area is 217 Å². The lowest BCUT2D eigenvalue weighted by Crippen LogP contribution is -2.48. The van der Waals surface area contributed by atoms with Crippen LogP contribution >= 0.6 is 0 Å². The lowest BCUT2D eigenvalue weighted by atomic mass is 9.72. The van der Waals surface area contributed by atoms with Crippen LogP contribution in [0.1, 0.15) is 75.3 Å². The van der Waals surface area contributed by atoms with E-state index in [9.17, 15) is 39.9 Å². The van der Waals surface area contributed by atoms with Gasteiger partial charge in [-0.1, -0.05) is 12.1 Å². The number of rotatable bonds is 5. The highest BCUT2D eigenvalue weighted by atomic mass is 16.7. The van der Waals surface area contributed by atoms with E-state index in [-0.39, 0.29) is 34.4 Å². The molecule has 11 nitrogen and oxygen atoms in total. The molecule has 1 unspecified atom stereocenters. The Hall–Kier alpha value is -3.35. The van der Waals surface area contributed by atoms with Crippen molar-refractivity contribution in [1.82, 2.24) is 0 Å². The predicted octanol–water partition coefficient (Wildman–Crippen LogP) is 1.06. The summed E-state index contributed by atoms with van der Waals surface area (Å²) in [4.78, 5) is 39.7. The van der Waals surface area contributed by atoms with Crippen LogP contribution in [0.2, 0.25) is 0 Å². The van der Waals surface area contributed by atoms with E-state index in [0.717, 1.165) is 0 Å². The highest BCUT2D eigenvalue weighted by molar-refractivity contribution is 6.31. The molecule has 5 N–H and O–H groups in total. The Morgan fingerprint density at radius 3 is 2.47 bits per heavy atom. The molecule has 2 aromatic rings. The van der Waals surface area contributed by atoms with Crippen LogP contribution in [-0.4, -0.2) is 80.7 Å². The van der Waals surface area contributed by atoms with Crippen LogP contribution in [0.15, 0.2) is 18.2 Å². The van der Waals surface area contributed by atoms with Crippen molar-refractivity contribution in [2.45, 2.75) is 62.8 Å². The Balaban J connectivity index is 1.69. The third-order valence-electron chi connectivity index (χ3n) is 7.66. The smallest absolute Gasteiger partial charge is 0.202 e. The summed E-state index contributed by atoms with van der Waals surface area (Å²) in [7, 11) is 1.33. The molecular weight excluding hydrogens is 500 g/mol. The summed E-state index contributed by atoms with van der Waals surface area (Å²) in [6, 6.07) is 4.39. The Morgan fingerprint density at radius 2 is 1.82 bits per heavy atom. The van der Waals surface area contributed by atoms with Gasteiger partial charge in [0.15, 0.2) is 17.9 Å². The number of methoxy groups -OCH3 is 1. The van der Waals surface area contributed by atoms with Gasteiger partial charge in [0, 0.05) is 36.0 Å². The highest BCUT2D eigenvalue weighted by Crippen LogP contribution is 2.52. The van der Waals surface area contributed by atoms with Crippen molar-refractivity contribution >= 4 is 17.3 Å². The number of aromatic hydroxyl groups is 2. The second-order valence-electron chi connectivity index (χ2n) is 9.91. The lowest BCUT2D eigenvalue weighted by molar-refractivity contribution is -0.243. The van der Waals surface area contributed by atoms with E-state index < -0.39 is 89.6 Å². The molecule has 1 aliphatic heterocycles. The van der Waals surface area contributed by atoms with Crippen molar-refractivity contribution in [2.24, 2.45) is 0 Å². The summed E-state index contributed by atoms with van der Waals surface area (Å²) in [6.07, 6.45) is -3.85. The maximum absolute atomic E-state index is 13.6. The maximum Gasteiger partial charge on any atom is 0.202 e. The Bertz CT molecular complexity index is 1350. The summed E-state index contributed by atoms with van der Waals surface area (Å²) >= 11 is 0. The first-order valence-electron chi connectivity index (χ1n) is 12.2.